The Morgan fingerprint density at radius 2 is 2.36 bits per heavy atom. The van der Waals surface area contributed by atoms with Crippen LogP contribution in [-0.4, -0.2) is 15.2 Å². The Morgan fingerprint density at radius 3 is 2.82 bits per heavy atom. The zero-order valence-electron chi connectivity index (χ0n) is 5.72. The number of carbonyl (C=O) groups is 1. The highest BCUT2D eigenvalue weighted by atomic mass is 35.5. The maximum atomic E-state index is 10.6. The Kier molecular flexibility index (Phi) is 2.05. The molecule has 58 valence electrons. The number of hydrogen-bond donors (Lipinski definition) is 1. The number of H-pyrrole nitrogens is 1. The average molecular weight is 173 g/mol. The van der Waals surface area contributed by atoms with Crippen molar-refractivity contribution >= 4 is 16.8 Å². The fourth-order valence-corrected chi connectivity index (χ4v) is 0.869. The van der Waals surface area contributed by atoms with Crippen LogP contribution in [0.3, 0.4) is 0 Å². The number of rotatable bonds is 1. The normalized spacial score (nSPS) is 9.64. The molecule has 0 saturated heterocycles. The quantitative estimate of drug-likeness (QED) is 0.626. The molecule has 0 aliphatic heterocycles. The van der Waals surface area contributed by atoms with Crippen LogP contribution < -0.4 is 5.69 Å². The minimum atomic E-state index is -0.619. The molecule has 4 nitrogen and oxygen atoms in total. The number of aromatic amines is 1. The maximum absolute atomic E-state index is 10.6. The average Bonchev–Trinajstić information content (AvgIpc) is 1.85. The third kappa shape index (κ3) is 1.65. The molecule has 0 bridgehead atoms. The molecular weight excluding hydrogens is 168 g/mol. The lowest BCUT2D eigenvalue weighted by Crippen LogP contribution is -2.13. The summed E-state index contributed by atoms with van der Waals surface area (Å²) in [4.78, 5) is 26.8. The number of aryl methyl sites for hydroxylation is 1. The Labute approximate surface area is 67.2 Å². The van der Waals surface area contributed by atoms with Crippen LogP contribution in [0.1, 0.15) is 16.1 Å². The third-order valence-electron chi connectivity index (χ3n) is 1.22. The number of nitrogens with one attached hydrogen (secondary N) is 1. The van der Waals surface area contributed by atoms with Crippen LogP contribution in [0.15, 0.2) is 11.0 Å². The van der Waals surface area contributed by atoms with Crippen LogP contribution in [0, 0.1) is 6.92 Å². The van der Waals surface area contributed by atoms with Crippen LogP contribution >= 0.6 is 11.6 Å². The molecule has 0 aliphatic carbocycles. The summed E-state index contributed by atoms with van der Waals surface area (Å²) in [5.74, 6) is 0. The van der Waals surface area contributed by atoms with E-state index in [2.05, 4.69) is 9.97 Å². The van der Waals surface area contributed by atoms with Gasteiger partial charge in [-0.2, -0.15) is 0 Å². The summed E-state index contributed by atoms with van der Waals surface area (Å²) in [5, 5.41) is -0.619. The monoisotopic (exact) mass is 172 g/mol. The molecule has 0 atom stereocenters. The molecular formula is C6H5ClN2O2. The maximum Gasteiger partial charge on any atom is 0.345 e. The molecule has 1 aromatic rings. The van der Waals surface area contributed by atoms with E-state index < -0.39 is 10.9 Å². The van der Waals surface area contributed by atoms with Gasteiger partial charge in [0.05, 0.1) is 5.56 Å². The minimum absolute atomic E-state index is 0.228. The smallest absolute Gasteiger partial charge is 0.309 e. The second kappa shape index (κ2) is 2.84. The Morgan fingerprint density at radius 1 is 1.73 bits per heavy atom. The van der Waals surface area contributed by atoms with Crippen molar-refractivity contribution in [2.75, 3.05) is 0 Å². The van der Waals surface area contributed by atoms with E-state index in [1.54, 1.807) is 6.92 Å². The zero-order valence-corrected chi connectivity index (χ0v) is 6.47. The lowest BCUT2D eigenvalue weighted by atomic mass is 10.3. The first-order chi connectivity index (χ1) is 5.11. The fraction of sp³-hybridized carbons (Fsp3) is 0.167. The van der Waals surface area contributed by atoms with Crippen LogP contribution in [0.5, 0.6) is 0 Å². The van der Waals surface area contributed by atoms with Crippen LogP contribution in [0.25, 0.3) is 0 Å². The summed E-state index contributed by atoms with van der Waals surface area (Å²) in [6, 6.07) is 0. The summed E-state index contributed by atoms with van der Waals surface area (Å²) in [7, 11) is 0. The number of halogens is 1. The molecule has 0 aliphatic rings. The van der Waals surface area contributed by atoms with Gasteiger partial charge in [0.1, 0.15) is 0 Å². The van der Waals surface area contributed by atoms with Crippen molar-refractivity contribution in [2.24, 2.45) is 0 Å². The third-order valence-corrected chi connectivity index (χ3v) is 1.42. The standard InChI is InChI=1S/C6H5ClN2O2/c1-3-4(5(7)10)2-8-6(11)9-3/h2H,1H3,(H,8,9,11). The van der Waals surface area contributed by atoms with Gasteiger partial charge in [-0.1, -0.05) is 0 Å². The Hall–Kier alpha value is -1.16. The van der Waals surface area contributed by atoms with Gasteiger partial charge in [-0.25, -0.2) is 9.78 Å². The molecule has 0 spiro atoms. The summed E-state index contributed by atoms with van der Waals surface area (Å²) in [6.45, 7) is 1.58. The van der Waals surface area contributed by atoms with E-state index in [4.69, 9.17) is 11.6 Å². The highest BCUT2D eigenvalue weighted by Crippen LogP contribution is 2.03. The van der Waals surface area contributed by atoms with E-state index >= 15 is 0 Å². The van der Waals surface area contributed by atoms with Gasteiger partial charge in [0, 0.05) is 11.9 Å². The molecule has 1 N–H and O–H groups in total. The van der Waals surface area contributed by atoms with Crippen molar-refractivity contribution in [2.45, 2.75) is 6.92 Å². The molecule has 0 radical (unpaired) electrons. The van der Waals surface area contributed by atoms with Gasteiger partial charge in [-0.3, -0.25) is 4.79 Å². The highest BCUT2D eigenvalue weighted by molar-refractivity contribution is 6.67. The van der Waals surface area contributed by atoms with Gasteiger partial charge in [-0.05, 0) is 18.5 Å². The molecule has 0 fully saturated rings. The number of hydrogen-bond acceptors (Lipinski definition) is 3. The summed E-state index contributed by atoms with van der Waals surface area (Å²) in [5.41, 5.74) is 0.181. The number of nitrogens with zero attached hydrogens (tertiary/aromatic N) is 1. The van der Waals surface area contributed by atoms with Gasteiger partial charge >= 0.3 is 5.69 Å². The zero-order chi connectivity index (χ0) is 8.43. The molecule has 5 heteroatoms. The van der Waals surface area contributed by atoms with E-state index in [1.807, 2.05) is 0 Å². The number of aromatic nitrogens is 2. The van der Waals surface area contributed by atoms with Gasteiger partial charge < -0.3 is 4.98 Å². The molecule has 11 heavy (non-hydrogen) atoms. The van der Waals surface area contributed by atoms with Crippen LogP contribution in [0.4, 0.5) is 0 Å². The van der Waals surface area contributed by atoms with Crippen molar-refractivity contribution in [1.29, 1.82) is 0 Å². The van der Waals surface area contributed by atoms with Gasteiger partial charge in [-0.15, -0.1) is 0 Å². The second-order valence-corrected chi connectivity index (χ2v) is 2.34. The molecule has 0 unspecified atom stereocenters. The topological polar surface area (TPSA) is 62.8 Å². The summed E-state index contributed by atoms with van der Waals surface area (Å²) in [6.07, 6.45) is 1.16. The summed E-state index contributed by atoms with van der Waals surface area (Å²) >= 11 is 5.16. The van der Waals surface area contributed by atoms with Gasteiger partial charge in [0.15, 0.2) is 0 Å². The predicted octanol–water partition coefficient (Wildman–Crippen LogP) is 0.457. The van der Waals surface area contributed by atoms with Crippen molar-refractivity contribution in [3.8, 4) is 0 Å². The van der Waals surface area contributed by atoms with E-state index in [0.29, 0.717) is 5.69 Å². The van der Waals surface area contributed by atoms with Crippen LogP contribution in [-0.2, 0) is 0 Å². The minimum Gasteiger partial charge on any atom is -0.309 e. The first-order valence-corrected chi connectivity index (χ1v) is 3.25. The van der Waals surface area contributed by atoms with Crippen molar-refractivity contribution < 1.29 is 4.79 Å². The number of carbonyl (C=O) groups excluding carboxylic acids is 1. The first-order valence-electron chi connectivity index (χ1n) is 2.87. The van der Waals surface area contributed by atoms with Gasteiger partial charge in [0.25, 0.3) is 5.24 Å². The molecule has 1 heterocycles. The van der Waals surface area contributed by atoms with Crippen molar-refractivity contribution in [3.05, 3.63) is 27.9 Å². The largest absolute Gasteiger partial charge is 0.345 e. The van der Waals surface area contributed by atoms with Gasteiger partial charge in [0.2, 0.25) is 0 Å². The first kappa shape index (κ1) is 7.94. The highest BCUT2D eigenvalue weighted by Gasteiger charge is 2.05. The molecule has 1 aromatic heterocycles. The van der Waals surface area contributed by atoms with Crippen molar-refractivity contribution in [1.82, 2.24) is 9.97 Å². The predicted molar refractivity (Wildman–Crippen MR) is 39.8 cm³/mol. The van der Waals surface area contributed by atoms with E-state index in [1.165, 1.54) is 0 Å². The molecule has 0 amide bonds. The van der Waals surface area contributed by atoms with Crippen molar-refractivity contribution in [3.63, 3.8) is 0 Å². The van der Waals surface area contributed by atoms with Crippen LogP contribution in [0.2, 0.25) is 0 Å². The SMILES string of the molecule is Cc1[nH]c(=O)ncc1C(=O)Cl. The Bertz CT molecular complexity index is 345. The second-order valence-electron chi connectivity index (χ2n) is 2.00. The fourth-order valence-electron chi connectivity index (χ4n) is 0.678. The van der Waals surface area contributed by atoms with E-state index in [9.17, 15) is 9.59 Å². The molecule has 0 aromatic carbocycles. The molecule has 1 rings (SSSR count). The van der Waals surface area contributed by atoms with E-state index in [0.717, 1.165) is 6.20 Å². The summed E-state index contributed by atoms with van der Waals surface area (Å²) < 4.78 is 0. The lowest BCUT2D eigenvalue weighted by Gasteiger charge is -1.95. The van der Waals surface area contributed by atoms with E-state index in [-0.39, 0.29) is 5.56 Å². The Balaban J connectivity index is 3.31. The molecule has 0 saturated carbocycles. The lowest BCUT2D eigenvalue weighted by molar-refractivity contribution is 0.108.